The number of nitrogens with zero attached hydrogens (tertiary/aromatic N) is 2. The van der Waals surface area contributed by atoms with Crippen molar-refractivity contribution in [3.63, 3.8) is 0 Å². The summed E-state index contributed by atoms with van der Waals surface area (Å²) in [4.78, 5) is 7.32. The van der Waals surface area contributed by atoms with Crippen molar-refractivity contribution in [3.8, 4) is 0 Å². The van der Waals surface area contributed by atoms with Gasteiger partial charge in [0.05, 0.1) is 5.69 Å². The summed E-state index contributed by atoms with van der Waals surface area (Å²) in [5, 5.41) is 3.92. The fraction of sp³-hybridized carbons (Fsp3) is 0.722. The number of aromatic nitrogens is 1. The molecule has 1 N–H and O–H groups in total. The topological polar surface area (TPSA) is 28.2 Å². The summed E-state index contributed by atoms with van der Waals surface area (Å²) in [6, 6.07) is 6.29. The Labute approximate surface area is 129 Å². The summed E-state index contributed by atoms with van der Waals surface area (Å²) >= 11 is 0. The van der Waals surface area contributed by atoms with Crippen LogP contribution in [0.1, 0.15) is 58.1 Å². The number of hydrogen-bond donors (Lipinski definition) is 1. The number of rotatable bonds is 4. The summed E-state index contributed by atoms with van der Waals surface area (Å²) < 4.78 is 0. The molecule has 1 aliphatic carbocycles. The Bertz CT molecular complexity index is 447. The Hall–Kier alpha value is -0.930. The summed E-state index contributed by atoms with van der Waals surface area (Å²) in [6.07, 6.45) is 9.78. The lowest BCUT2D eigenvalue weighted by molar-refractivity contribution is -0.00293. The first-order valence-electron chi connectivity index (χ1n) is 8.62. The molecule has 1 aromatic heterocycles. The normalized spacial score (nSPS) is 24.5. The van der Waals surface area contributed by atoms with E-state index < -0.39 is 0 Å². The first kappa shape index (κ1) is 15.0. The van der Waals surface area contributed by atoms with E-state index in [-0.39, 0.29) is 0 Å². The molecule has 3 rings (SSSR count). The van der Waals surface area contributed by atoms with Crippen LogP contribution in [0.15, 0.2) is 24.4 Å². The molecule has 0 atom stereocenters. The molecule has 0 radical (unpaired) electrons. The average molecular weight is 287 g/mol. The molecular formula is C18H29N3. The van der Waals surface area contributed by atoms with Gasteiger partial charge in [-0.05, 0) is 37.8 Å². The molecule has 3 heteroatoms. The smallest absolute Gasteiger partial charge is 0.0544 e. The second kappa shape index (κ2) is 6.05. The van der Waals surface area contributed by atoms with Crippen molar-refractivity contribution >= 4 is 0 Å². The molecule has 116 valence electrons. The molecule has 1 aromatic rings. The van der Waals surface area contributed by atoms with Gasteiger partial charge >= 0.3 is 0 Å². The highest BCUT2D eigenvalue weighted by molar-refractivity contribution is 5.10. The zero-order chi connectivity index (χ0) is 14.8. The lowest BCUT2D eigenvalue weighted by atomic mass is 9.82. The third-order valence-electron chi connectivity index (χ3n) is 5.92. The standard InChI is InChI=1S/C18H29N3/c1-3-17(4-2)15-21(13-16-9-5-8-12-19-16)18(14-20-17)10-6-7-11-18/h5,8-9,12,20H,3-4,6-7,10-11,13-15H2,1-2H3. The second-order valence-corrected chi connectivity index (χ2v) is 6.95. The van der Waals surface area contributed by atoms with Gasteiger partial charge in [-0.2, -0.15) is 0 Å². The van der Waals surface area contributed by atoms with Gasteiger partial charge in [-0.25, -0.2) is 0 Å². The monoisotopic (exact) mass is 287 g/mol. The van der Waals surface area contributed by atoms with Crippen LogP contribution >= 0.6 is 0 Å². The maximum absolute atomic E-state index is 4.56. The van der Waals surface area contributed by atoms with Crippen molar-refractivity contribution in [1.29, 1.82) is 0 Å². The summed E-state index contributed by atoms with van der Waals surface area (Å²) in [6.45, 7) is 7.96. The summed E-state index contributed by atoms with van der Waals surface area (Å²) in [5.74, 6) is 0. The lowest BCUT2D eigenvalue weighted by Gasteiger charge is -2.53. The highest BCUT2D eigenvalue weighted by atomic mass is 15.3. The molecule has 2 fully saturated rings. The largest absolute Gasteiger partial charge is 0.308 e. The Morgan fingerprint density at radius 1 is 1.19 bits per heavy atom. The Morgan fingerprint density at radius 2 is 1.95 bits per heavy atom. The highest BCUT2D eigenvalue weighted by Gasteiger charge is 2.47. The maximum atomic E-state index is 4.56. The van der Waals surface area contributed by atoms with Gasteiger partial charge in [0, 0.05) is 36.9 Å². The van der Waals surface area contributed by atoms with E-state index in [4.69, 9.17) is 0 Å². The van der Waals surface area contributed by atoms with Gasteiger partial charge in [0.2, 0.25) is 0 Å². The van der Waals surface area contributed by atoms with Crippen molar-refractivity contribution in [1.82, 2.24) is 15.2 Å². The van der Waals surface area contributed by atoms with E-state index in [1.165, 1.54) is 44.2 Å². The third-order valence-corrected chi connectivity index (χ3v) is 5.92. The SMILES string of the molecule is CCC1(CC)CN(Cc2ccccn2)C2(CCCC2)CN1. The van der Waals surface area contributed by atoms with Gasteiger partial charge in [-0.1, -0.05) is 32.8 Å². The Balaban J connectivity index is 1.83. The molecule has 1 saturated carbocycles. The van der Waals surface area contributed by atoms with Crippen molar-refractivity contribution < 1.29 is 0 Å². The van der Waals surface area contributed by atoms with Crippen LogP contribution in [-0.4, -0.2) is 34.1 Å². The number of hydrogen-bond acceptors (Lipinski definition) is 3. The van der Waals surface area contributed by atoms with Gasteiger partial charge in [0.15, 0.2) is 0 Å². The highest BCUT2D eigenvalue weighted by Crippen LogP contribution is 2.40. The zero-order valence-corrected chi connectivity index (χ0v) is 13.6. The summed E-state index contributed by atoms with van der Waals surface area (Å²) in [7, 11) is 0. The van der Waals surface area contributed by atoms with E-state index in [2.05, 4.69) is 41.2 Å². The molecule has 0 unspecified atom stereocenters. The van der Waals surface area contributed by atoms with E-state index >= 15 is 0 Å². The lowest BCUT2D eigenvalue weighted by Crippen LogP contribution is -2.68. The first-order valence-corrected chi connectivity index (χ1v) is 8.62. The van der Waals surface area contributed by atoms with Crippen LogP contribution in [0.3, 0.4) is 0 Å². The van der Waals surface area contributed by atoms with E-state index in [9.17, 15) is 0 Å². The predicted molar refractivity (Wildman–Crippen MR) is 87.2 cm³/mol. The Kier molecular flexibility index (Phi) is 4.32. The van der Waals surface area contributed by atoms with Crippen LogP contribution in [0.5, 0.6) is 0 Å². The number of piperazine rings is 1. The predicted octanol–water partition coefficient (Wildman–Crippen LogP) is 3.36. The van der Waals surface area contributed by atoms with Crippen molar-refractivity contribution in [3.05, 3.63) is 30.1 Å². The van der Waals surface area contributed by atoms with Crippen LogP contribution in [-0.2, 0) is 6.54 Å². The van der Waals surface area contributed by atoms with E-state index in [0.717, 1.165) is 19.6 Å². The van der Waals surface area contributed by atoms with Gasteiger partial charge in [0.1, 0.15) is 0 Å². The first-order chi connectivity index (χ1) is 10.2. The van der Waals surface area contributed by atoms with Gasteiger partial charge in [-0.3, -0.25) is 9.88 Å². The van der Waals surface area contributed by atoms with Crippen LogP contribution in [0.2, 0.25) is 0 Å². The fourth-order valence-corrected chi connectivity index (χ4v) is 4.21. The number of pyridine rings is 1. The van der Waals surface area contributed by atoms with Crippen LogP contribution in [0.25, 0.3) is 0 Å². The Morgan fingerprint density at radius 3 is 2.57 bits per heavy atom. The minimum atomic E-state index is 0.294. The van der Waals surface area contributed by atoms with Gasteiger partial charge in [-0.15, -0.1) is 0 Å². The van der Waals surface area contributed by atoms with Crippen LogP contribution < -0.4 is 5.32 Å². The molecule has 0 aromatic carbocycles. The molecule has 3 nitrogen and oxygen atoms in total. The molecule has 21 heavy (non-hydrogen) atoms. The molecule has 1 spiro atoms. The molecule has 0 bridgehead atoms. The zero-order valence-electron chi connectivity index (χ0n) is 13.6. The van der Waals surface area contributed by atoms with Crippen LogP contribution in [0.4, 0.5) is 0 Å². The van der Waals surface area contributed by atoms with Crippen molar-refractivity contribution in [2.75, 3.05) is 13.1 Å². The molecule has 2 aliphatic rings. The van der Waals surface area contributed by atoms with E-state index in [1.54, 1.807) is 0 Å². The molecular weight excluding hydrogens is 258 g/mol. The van der Waals surface area contributed by atoms with E-state index in [1.807, 2.05) is 12.3 Å². The third kappa shape index (κ3) is 2.86. The fourth-order valence-electron chi connectivity index (χ4n) is 4.21. The van der Waals surface area contributed by atoms with E-state index in [0.29, 0.717) is 11.1 Å². The maximum Gasteiger partial charge on any atom is 0.0544 e. The minimum absolute atomic E-state index is 0.294. The molecule has 1 aliphatic heterocycles. The summed E-state index contributed by atoms with van der Waals surface area (Å²) in [5.41, 5.74) is 1.89. The van der Waals surface area contributed by atoms with Crippen molar-refractivity contribution in [2.45, 2.75) is 70.0 Å². The van der Waals surface area contributed by atoms with Crippen molar-refractivity contribution in [2.24, 2.45) is 0 Å². The average Bonchev–Trinajstić information content (AvgIpc) is 3.01. The molecule has 2 heterocycles. The number of nitrogens with one attached hydrogen (secondary N) is 1. The molecule has 0 amide bonds. The minimum Gasteiger partial charge on any atom is -0.308 e. The quantitative estimate of drug-likeness (QED) is 0.920. The van der Waals surface area contributed by atoms with Crippen LogP contribution in [0, 0.1) is 0 Å². The van der Waals surface area contributed by atoms with Gasteiger partial charge < -0.3 is 5.32 Å². The van der Waals surface area contributed by atoms with Gasteiger partial charge in [0.25, 0.3) is 0 Å². The molecule has 1 saturated heterocycles. The second-order valence-electron chi connectivity index (χ2n) is 6.95.